The van der Waals surface area contributed by atoms with Gasteiger partial charge in [-0.3, -0.25) is 4.90 Å². The quantitative estimate of drug-likeness (QED) is 0.788. The lowest BCUT2D eigenvalue weighted by molar-refractivity contribution is 0.0493. The van der Waals surface area contributed by atoms with E-state index in [1.807, 2.05) is 29.1 Å². The predicted octanol–water partition coefficient (Wildman–Crippen LogP) is 3.58. The van der Waals surface area contributed by atoms with E-state index in [0.717, 1.165) is 38.3 Å². The summed E-state index contributed by atoms with van der Waals surface area (Å²) >= 11 is 1.83. The molecule has 126 valence electrons. The number of nitrogens with zero attached hydrogens (tertiary/aromatic N) is 3. The van der Waals surface area contributed by atoms with Gasteiger partial charge in [-0.15, -0.1) is 11.3 Å². The molecule has 1 fully saturated rings. The maximum absolute atomic E-state index is 10.6. The van der Waals surface area contributed by atoms with Crippen molar-refractivity contribution in [3.05, 3.63) is 53.4 Å². The van der Waals surface area contributed by atoms with E-state index in [2.05, 4.69) is 39.5 Å². The number of rotatable bonds is 4. The van der Waals surface area contributed by atoms with Crippen LogP contribution in [0.1, 0.15) is 30.3 Å². The Morgan fingerprint density at radius 1 is 1.29 bits per heavy atom. The number of benzene rings is 1. The Kier molecular flexibility index (Phi) is 4.39. The molecule has 2 aromatic heterocycles. The van der Waals surface area contributed by atoms with Crippen molar-refractivity contribution in [3.63, 3.8) is 0 Å². The van der Waals surface area contributed by atoms with Gasteiger partial charge in [-0.05, 0) is 54.2 Å². The van der Waals surface area contributed by atoms with Crippen LogP contribution in [0.4, 0.5) is 0 Å². The molecule has 0 bridgehead atoms. The Bertz CT molecular complexity index is 817. The van der Waals surface area contributed by atoms with Crippen LogP contribution < -0.4 is 0 Å². The van der Waals surface area contributed by atoms with E-state index in [1.54, 1.807) is 6.20 Å². The molecule has 0 amide bonds. The van der Waals surface area contributed by atoms with E-state index in [0.29, 0.717) is 5.92 Å². The van der Waals surface area contributed by atoms with Crippen LogP contribution in [-0.2, 0) is 13.6 Å². The third kappa shape index (κ3) is 2.99. The van der Waals surface area contributed by atoms with E-state index in [-0.39, 0.29) is 0 Å². The lowest BCUT2D eigenvalue weighted by Gasteiger charge is -2.33. The molecule has 1 N–H and O–H groups in total. The minimum absolute atomic E-state index is 0.307. The van der Waals surface area contributed by atoms with Crippen molar-refractivity contribution < 1.29 is 5.11 Å². The Hall–Kier alpha value is -1.69. The number of aliphatic hydroxyl groups excluding tert-OH is 1. The van der Waals surface area contributed by atoms with Gasteiger partial charge in [-0.1, -0.05) is 18.2 Å². The van der Waals surface area contributed by atoms with Gasteiger partial charge in [0.25, 0.3) is 0 Å². The number of piperidine rings is 1. The van der Waals surface area contributed by atoms with Crippen molar-refractivity contribution in [1.29, 1.82) is 0 Å². The fraction of sp³-hybridized carbons (Fsp3) is 0.421. The van der Waals surface area contributed by atoms with Gasteiger partial charge in [-0.25, -0.2) is 4.98 Å². The summed E-state index contributed by atoms with van der Waals surface area (Å²) in [6.07, 6.45) is 5.26. The van der Waals surface area contributed by atoms with Gasteiger partial charge in [0, 0.05) is 30.7 Å². The first kappa shape index (κ1) is 15.8. The van der Waals surface area contributed by atoms with Crippen molar-refractivity contribution in [3.8, 4) is 0 Å². The van der Waals surface area contributed by atoms with Crippen LogP contribution in [0.15, 0.2) is 42.0 Å². The molecule has 1 aliphatic rings. The van der Waals surface area contributed by atoms with Crippen LogP contribution in [0.3, 0.4) is 0 Å². The Labute approximate surface area is 146 Å². The molecule has 5 heteroatoms. The summed E-state index contributed by atoms with van der Waals surface area (Å²) in [7, 11) is 1.95. The summed E-state index contributed by atoms with van der Waals surface area (Å²) in [6, 6.07) is 8.64. The molecule has 0 spiro atoms. The largest absolute Gasteiger partial charge is 0.385 e. The molecule has 4 nitrogen and oxygen atoms in total. The molecule has 3 aromatic rings. The zero-order valence-electron chi connectivity index (χ0n) is 13.9. The number of fused-ring (bicyclic) bond motifs is 1. The fourth-order valence-corrected chi connectivity index (χ4v) is 4.65. The van der Waals surface area contributed by atoms with E-state index >= 15 is 0 Å². The molecule has 3 heterocycles. The van der Waals surface area contributed by atoms with Gasteiger partial charge >= 0.3 is 0 Å². The van der Waals surface area contributed by atoms with Crippen LogP contribution in [0.5, 0.6) is 0 Å². The molecule has 4 rings (SSSR count). The molecule has 1 atom stereocenters. The second-order valence-electron chi connectivity index (χ2n) is 6.71. The first-order valence-corrected chi connectivity index (χ1v) is 9.43. The topological polar surface area (TPSA) is 41.3 Å². The average Bonchev–Trinajstić information content (AvgIpc) is 3.22. The van der Waals surface area contributed by atoms with E-state index < -0.39 is 6.10 Å². The highest BCUT2D eigenvalue weighted by atomic mass is 32.1. The van der Waals surface area contributed by atoms with Gasteiger partial charge < -0.3 is 9.67 Å². The minimum atomic E-state index is -0.450. The molecule has 0 saturated carbocycles. The normalized spacial score (nSPS) is 18.2. The van der Waals surface area contributed by atoms with Crippen molar-refractivity contribution in [2.45, 2.75) is 25.5 Å². The van der Waals surface area contributed by atoms with E-state index in [4.69, 9.17) is 0 Å². The van der Waals surface area contributed by atoms with Crippen molar-refractivity contribution in [2.75, 3.05) is 13.1 Å². The second-order valence-corrected chi connectivity index (χ2v) is 7.62. The highest BCUT2D eigenvalue weighted by molar-refractivity contribution is 7.17. The zero-order chi connectivity index (χ0) is 16.5. The summed E-state index contributed by atoms with van der Waals surface area (Å²) in [5.74, 6) is 1.10. The summed E-state index contributed by atoms with van der Waals surface area (Å²) < 4.78 is 3.29. The highest BCUT2D eigenvalue weighted by Crippen LogP contribution is 2.32. The number of imidazole rings is 1. The van der Waals surface area contributed by atoms with Crippen LogP contribution >= 0.6 is 11.3 Å². The van der Waals surface area contributed by atoms with Gasteiger partial charge in [0.15, 0.2) is 0 Å². The monoisotopic (exact) mass is 341 g/mol. The van der Waals surface area contributed by atoms with Gasteiger partial charge in [0.05, 0.1) is 0 Å². The molecule has 24 heavy (non-hydrogen) atoms. The maximum Gasteiger partial charge on any atom is 0.137 e. The fourth-order valence-electron chi connectivity index (χ4n) is 3.70. The Morgan fingerprint density at radius 2 is 2.08 bits per heavy atom. The van der Waals surface area contributed by atoms with Gasteiger partial charge in [-0.2, -0.15) is 0 Å². The minimum Gasteiger partial charge on any atom is -0.385 e. The molecule has 1 saturated heterocycles. The van der Waals surface area contributed by atoms with Gasteiger partial charge in [0.1, 0.15) is 11.9 Å². The second kappa shape index (κ2) is 6.67. The first-order valence-electron chi connectivity index (χ1n) is 8.55. The molecule has 0 radical (unpaired) electrons. The van der Waals surface area contributed by atoms with Crippen LogP contribution in [0.2, 0.25) is 0 Å². The zero-order valence-corrected chi connectivity index (χ0v) is 14.7. The maximum atomic E-state index is 10.6. The number of aliphatic hydroxyl groups is 1. The van der Waals surface area contributed by atoms with Crippen molar-refractivity contribution in [1.82, 2.24) is 14.5 Å². The van der Waals surface area contributed by atoms with Crippen molar-refractivity contribution >= 4 is 21.4 Å². The van der Waals surface area contributed by atoms with E-state index in [9.17, 15) is 5.11 Å². The highest BCUT2D eigenvalue weighted by Gasteiger charge is 2.28. The SMILES string of the molecule is Cn1ccnc1C(O)C1CCN(Cc2csc3ccccc23)CC1. The summed E-state index contributed by atoms with van der Waals surface area (Å²) in [6.45, 7) is 3.09. The lowest BCUT2D eigenvalue weighted by Crippen LogP contribution is -2.35. The van der Waals surface area contributed by atoms with Gasteiger partial charge in [0.2, 0.25) is 0 Å². The Morgan fingerprint density at radius 3 is 2.83 bits per heavy atom. The molecule has 0 aliphatic carbocycles. The third-order valence-corrected chi connectivity index (χ3v) is 6.17. The number of thiophene rings is 1. The molecular formula is C19H23N3OS. The number of hydrogen-bond acceptors (Lipinski definition) is 4. The summed E-state index contributed by atoms with van der Waals surface area (Å²) in [4.78, 5) is 6.82. The number of hydrogen-bond donors (Lipinski definition) is 1. The summed E-state index contributed by atoms with van der Waals surface area (Å²) in [5, 5.41) is 14.3. The first-order chi connectivity index (χ1) is 11.7. The smallest absolute Gasteiger partial charge is 0.137 e. The molecule has 1 unspecified atom stereocenters. The van der Waals surface area contributed by atoms with E-state index in [1.165, 1.54) is 15.6 Å². The third-order valence-electron chi connectivity index (χ3n) is 5.16. The standard InChI is InChI=1S/C19H23N3OS/c1-21-11-8-20-19(21)18(23)14-6-9-22(10-7-14)12-15-13-24-17-5-3-2-4-16(15)17/h2-5,8,11,13-14,18,23H,6-7,9-10,12H2,1H3. The van der Waals surface area contributed by atoms with Crippen LogP contribution in [0.25, 0.3) is 10.1 Å². The number of likely N-dealkylation sites (tertiary alicyclic amines) is 1. The number of aryl methyl sites for hydroxylation is 1. The molecule has 1 aromatic carbocycles. The van der Waals surface area contributed by atoms with Crippen LogP contribution in [-0.4, -0.2) is 32.6 Å². The van der Waals surface area contributed by atoms with Crippen molar-refractivity contribution in [2.24, 2.45) is 13.0 Å². The number of aromatic nitrogens is 2. The summed E-state index contributed by atoms with van der Waals surface area (Å²) in [5.41, 5.74) is 1.43. The predicted molar refractivity (Wildman–Crippen MR) is 98.0 cm³/mol. The average molecular weight is 341 g/mol. The molecular weight excluding hydrogens is 318 g/mol. The molecule has 1 aliphatic heterocycles. The Balaban J connectivity index is 1.39. The lowest BCUT2D eigenvalue weighted by atomic mass is 9.90. The van der Waals surface area contributed by atoms with Crippen LogP contribution in [0, 0.1) is 5.92 Å².